The molecule has 2 N–H and O–H groups in total. The molecule has 0 heterocycles. The Kier molecular flexibility index (Phi) is 9.78. The Balaban J connectivity index is 1.45. The number of ether oxygens (including phenoxy) is 2. The van der Waals surface area contributed by atoms with Gasteiger partial charge in [0.15, 0.2) is 10.9 Å². The maximum atomic E-state index is 6.38. The highest BCUT2D eigenvalue weighted by atomic mass is 35.5. The molecule has 35 heavy (non-hydrogen) atoms. The summed E-state index contributed by atoms with van der Waals surface area (Å²) < 4.78 is 11.5. The minimum absolute atomic E-state index is 0.104. The second kappa shape index (κ2) is 12.8. The fourth-order valence-corrected chi connectivity index (χ4v) is 3.87. The summed E-state index contributed by atoms with van der Waals surface area (Å²) in [6, 6.07) is 21.5. The van der Waals surface area contributed by atoms with Crippen LogP contribution in [0.5, 0.6) is 11.5 Å². The van der Waals surface area contributed by atoms with Gasteiger partial charge in [0, 0.05) is 6.54 Å². The lowest BCUT2D eigenvalue weighted by atomic mass is 9.87. The predicted molar refractivity (Wildman–Crippen MR) is 149 cm³/mol. The third kappa shape index (κ3) is 8.73. The molecular weight excluding hydrogens is 501 g/mol. The SMILES string of the molecule is CC(C)(C)c1ccc(OCCOc2c(Cl)cc(/C=N\NC(=S)NCc3ccccc3)cc2Cl)cc1. The molecule has 184 valence electrons. The van der Waals surface area contributed by atoms with E-state index in [-0.39, 0.29) is 5.41 Å². The molecule has 0 atom stereocenters. The molecule has 8 heteroatoms. The quantitative estimate of drug-likeness (QED) is 0.139. The Morgan fingerprint density at radius 2 is 1.57 bits per heavy atom. The lowest BCUT2D eigenvalue weighted by molar-refractivity contribution is 0.217. The molecule has 3 aromatic carbocycles. The first kappa shape index (κ1) is 26.8. The van der Waals surface area contributed by atoms with Gasteiger partial charge in [-0.25, -0.2) is 0 Å². The van der Waals surface area contributed by atoms with Crippen LogP contribution >= 0.6 is 35.4 Å². The first-order valence-corrected chi connectivity index (χ1v) is 12.3. The van der Waals surface area contributed by atoms with Crippen molar-refractivity contribution < 1.29 is 9.47 Å². The van der Waals surface area contributed by atoms with Gasteiger partial charge in [-0.3, -0.25) is 5.43 Å². The summed E-state index contributed by atoms with van der Waals surface area (Å²) in [4.78, 5) is 0. The molecule has 5 nitrogen and oxygen atoms in total. The molecule has 0 saturated carbocycles. The number of hydrogen-bond acceptors (Lipinski definition) is 4. The van der Waals surface area contributed by atoms with Crippen LogP contribution in [0.15, 0.2) is 71.8 Å². The number of rotatable bonds is 9. The zero-order chi connectivity index (χ0) is 25.3. The minimum atomic E-state index is 0.104. The van der Waals surface area contributed by atoms with Gasteiger partial charge in [-0.15, -0.1) is 0 Å². The molecule has 0 unspecified atom stereocenters. The van der Waals surface area contributed by atoms with E-state index in [1.807, 2.05) is 42.5 Å². The van der Waals surface area contributed by atoms with Crippen molar-refractivity contribution in [2.45, 2.75) is 32.7 Å². The van der Waals surface area contributed by atoms with Crippen LogP contribution in [-0.4, -0.2) is 24.5 Å². The number of nitrogens with zero attached hydrogens (tertiary/aromatic N) is 1. The maximum absolute atomic E-state index is 6.38. The fraction of sp³-hybridized carbons (Fsp3) is 0.259. The van der Waals surface area contributed by atoms with E-state index in [1.54, 1.807) is 18.3 Å². The van der Waals surface area contributed by atoms with E-state index in [0.717, 1.165) is 11.3 Å². The standard InChI is InChI=1S/C27H29Cl2N3O2S/c1-27(2,3)21-9-11-22(12-10-21)33-13-14-34-25-23(28)15-20(16-24(25)29)18-31-32-26(35)30-17-19-7-5-4-6-8-19/h4-12,15-16,18H,13-14,17H2,1-3H3,(H2,30,32,35)/b31-18-. The van der Waals surface area contributed by atoms with E-state index in [4.69, 9.17) is 44.9 Å². The van der Waals surface area contributed by atoms with Crippen molar-refractivity contribution in [2.24, 2.45) is 5.10 Å². The van der Waals surface area contributed by atoms with Crippen molar-refractivity contribution in [1.29, 1.82) is 0 Å². The Morgan fingerprint density at radius 3 is 2.20 bits per heavy atom. The third-order valence-electron chi connectivity index (χ3n) is 5.02. The minimum Gasteiger partial charge on any atom is -0.490 e. The van der Waals surface area contributed by atoms with Crippen LogP contribution in [0.2, 0.25) is 10.0 Å². The summed E-state index contributed by atoms with van der Waals surface area (Å²) in [6.07, 6.45) is 1.59. The van der Waals surface area contributed by atoms with E-state index >= 15 is 0 Å². The summed E-state index contributed by atoms with van der Waals surface area (Å²) in [5.41, 5.74) is 5.97. The molecule has 0 aromatic heterocycles. The van der Waals surface area contributed by atoms with Gasteiger partial charge in [-0.2, -0.15) is 5.10 Å². The number of thiocarbonyl (C=S) groups is 1. The van der Waals surface area contributed by atoms with Crippen LogP contribution in [-0.2, 0) is 12.0 Å². The van der Waals surface area contributed by atoms with Gasteiger partial charge >= 0.3 is 0 Å². The number of halogens is 2. The van der Waals surface area contributed by atoms with Gasteiger partial charge in [0.05, 0.1) is 16.3 Å². The first-order chi connectivity index (χ1) is 16.7. The lowest BCUT2D eigenvalue weighted by Crippen LogP contribution is -2.31. The molecule has 0 fully saturated rings. The third-order valence-corrected chi connectivity index (χ3v) is 5.81. The van der Waals surface area contributed by atoms with Crippen molar-refractivity contribution in [3.05, 3.63) is 93.5 Å². The van der Waals surface area contributed by atoms with Crippen molar-refractivity contribution in [1.82, 2.24) is 10.7 Å². The van der Waals surface area contributed by atoms with Gasteiger partial charge in [0.1, 0.15) is 19.0 Å². The summed E-state index contributed by atoms with van der Waals surface area (Å²) in [6.45, 7) is 7.81. The van der Waals surface area contributed by atoms with Crippen LogP contribution in [0, 0.1) is 0 Å². The van der Waals surface area contributed by atoms with Gasteiger partial charge in [0.2, 0.25) is 0 Å². The Morgan fingerprint density at radius 1 is 0.943 bits per heavy atom. The largest absolute Gasteiger partial charge is 0.490 e. The second-order valence-corrected chi connectivity index (χ2v) is 10.0. The molecule has 0 saturated heterocycles. The Labute approximate surface area is 222 Å². The van der Waals surface area contributed by atoms with Gasteiger partial charge in [0.25, 0.3) is 0 Å². The second-order valence-electron chi connectivity index (χ2n) is 8.82. The highest BCUT2D eigenvalue weighted by Crippen LogP contribution is 2.34. The number of nitrogens with one attached hydrogen (secondary N) is 2. The average molecular weight is 531 g/mol. The average Bonchev–Trinajstić information content (AvgIpc) is 2.82. The van der Waals surface area contributed by atoms with Crippen LogP contribution in [0.25, 0.3) is 0 Å². The van der Waals surface area contributed by atoms with Gasteiger partial charge < -0.3 is 14.8 Å². The summed E-state index contributed by atoms with van der Waals surface area (Å²) in [5.74, 6) is 1.19. The molecule has 0 aliphatic rings. The van der Waals surface area contributed by atoms with Crippen LogP contribution in [0.1, 0.15) is 37.5 Å². The molecule has 0 spiro atoms. The molecule has 0 radical (unpaired) electrons. The summed E-state index contributed by atoms with van der Waals surface area (Å²) >= 11 is 18.0. The highest BCUT2D eigenvalue weighted by Gasteiger charge is 2.13. The molecule has 3 aromatic rings. The highest BCUT2D eigenvalue weighted by molar-refractivity contribution is 7.80. The van der Waals surface area contributed by atoms with Crippen molar-refractivity contribution >= 4 is 46.7 Å². The van der Waals surface area contributed by atoms with Crippen LogP contribution in [0.4, 0.5) is 0 Å². The number of hydrazone groups is 1. The molecule has 0 aliphatic heterocycles. The molecule has 3 rings (SSSR count). The van der Waals surface area contributed by atoms with Crippen LogP contribution in [0.3, 0.4) is 0 Å². The number of hydrogen-bond donors (Lipinski definition) is 2. The van der Waals surface area contributed by atoms with E-state index in [9.17, 15) is 0 Å². The van der Waals surface area contributed by atoms with Gasteiger partial charge in [-0.1, -0.05) is 86.4 Å². The summed E-state index contributed by atoms with van der Waals surface area (Å²) in [7, 11) is 0. The van der Waals surface area contributed by atoms with Gasteiger partial charge in [-0.05, 0) is 58.6 Å². The van der Waals surface area contributed by atoms with Crippen LogP contribution < -0.4 is 20.2 Å². The van der Waals surface area contributed by atoms with E-state index in [0.29, 0.717) is 46.2 Å². The van der Waals surface area contributed by atoms with E-state index in [1.165, 1.54) is 5.56 Å². The normalized spacial score (nSPS) is 11.3. The smallest absolute Gasteiger partial charge is 0.187 e. The molecule has 0 amide bonds. The predicted octanol–water partition coefficient (Wildman–Crippen LogP) is 6.75. The monoisotopic (exact) mass is 529 g/mol. The fourth-order valence-electron chi connectivity index (χ4n) is 3.13. The zero-order valence-electron chi connectivity index (χ0n) is 20.0. The molecule has 0 bridgehead atoms. The van der Waals surface area contributed by atoms with Crippen molar-refractivity contribution in [2.75, 3.05) is 13.2 Å². The van der Waals surface area contributed by atoms with E-state index < -0.39 is 0 Å². The summed E-state index contributed by atoms with van der Waals surface area (Å²) in [5, 5.41) is 8.42. The molecular formula is C27H29Cl2N3O2S. The zero-order valence-corrected chi connectivity index (χ0v) is 22.3. The van der Waals surface area contributed by atoms with Crippen molar-refractivity contribution in [3.63, 3.8) is 0 Å². The molecule has 0 aliphatic carbocycles. The Hall–Kier alpha value is -2.80. The topological polar surface area (TPSA) is 54.9 Å². The maximum Gasteiger partial charge on any atom is 0.187 e. The number of benzene rings is 3. The van der Waals surface area contributed by atoms with E-state index in [2.05, 4.69) is 48.7 Å². The first-order valence-electron chi connectivity index (χ1n) is 11.2. The Bertz CT molecular complexity index is 1120. The van der Waals surface area contributed by atoms with Crippen molar-refractivity contribution in [3.8, 4) is 11.5 Å². The lowest BCUT2D eigenvalue weighted by Gasteiger charge is -2.19.